The van der Waals surface area contributed by atoms with Gasteiger partial charge >= 0.3 is 5.97 Å². The van der Waals surface area contributed by atoms with E-state index in [1.165, 1.54) is 0 Å². The number of carbonyl (C=O) groups is 1. The number of aromatic carboxylic acids is 1. The highest BCUT2D eigenvalue weighted by atomic mass is 35.5. The standard InChI is InChI=1S/C13H9ClN2O2S/c14-8-3-4-16-11(6-8)15-10(12(16)13(17)18)7-9-2-1-5-19-9/h1-6H,7H2,(H,17,18). The van der Waals surface area contributed by atoms with Crippen LogP contribution in [-0.2, 0) is 6.42 Å². The van der Waals surface area contributed by atoms with E-state index in [4.69, 9.17) is 11.6 Å². The molecule has 3 rings (SSSR count). The molecule has 6 heteroatoms. The monoisotopic (exact) mass is 292 g/mol. The van der Waals surface area contributed by atoms with Gasteiger partial charge in [-0.3, -0.25) is 4.40 Å². The number of rotatable bonds is 3. The molecule has 0 aliphatic rings. The predicted octanol–water partition coefficient (Wildman–Crippen LogP) is 3.34. The van der Waals surface area contributed by atoms with E-state index in [-0.39, 0.29) is 5.69 Å². The molecule has 0 amide bonds. The lowest BCUT2D eigenvalue weighted by atomic mass is 10.2. The van der Waals surface area contributed by atoms with Gasteiger partial charge in [-0.2, -0.15) is 0 Å². The van der Waals surface area contributed by atoms with Crippen molar-refractivity contribution in [3.63, 3.8) is 0 Å². The summed E-state index contributed by atoms with van der Waals surface area (Å²) in [5, 5.41) is 11.9. The van der Waals surface area contributed by atoms with Gasteiger partial charge in [-0.15, -0.1) is 11.3 Å². The quantitative estimate of drug-likeness (QED) is 0.805. The van der Waals surface area contributed by atoms with Crippen molar-refractivity contribution in [1.29, 1.82) is 0 Å². The number of carboxylic acids is 1. The van der Waals surface area contributed by atoms with Crippen LogP contribution in [0.4, 0.5) is 0 Å². The number of hydrogen-bond acceptors (Lipinski definition) is 3. The smallest absolute Gasteiger partial charge is 0.354 e. The fourth-order valence-electron chi connectivity index (χ4n) is 2.00. The maximum atomic E-state index is 11.4. The minimum atomic E-state index is -0.985. The Morgan fingerprint density at radius 2 is 2.32 bits per heavy atom. The number of aromatic nitrogens is 2. The first-order valence-electron chi connectivity index (χ1n) is 5.57. The van der Waals surface area contributed by atoms with Crippen LogP contribution in [0.25, 0.3) is 5.65 Å². The van der Waals surface area contributed by atoms with Crippen molar-refractivity contribution in [2.75, 3.05) is 0 Å². The number of thiophene rings is 1. The predicted molar refractivity (Wildman–Crippen MR) is 74.3 cm³/mol. The van der Waals surface area contributed by atoms with Gasteiger partial charge in [-0.1, -0.05) is 17.7 Å². The van der Waals surface area contributed by atoms with Crippen molar-refractivity contribution < 1.29 is 9.90 Å². The van der Waals surface area contributed by atoms with Crippen molar-refractivity contribution >= 4 is 34.6 Å². The molecule has 3 aromatic heterocycles. The van der Waals surface area contributed by atoms with Crippen LogP contribution in [0.5, 0.6) is 0 Å². The van der Waals surface area contributed by atoms with Gasteiger partial charge < -0.3 is 5.11 Å². The van der Waals surface area contributed by atoms with E-state index in [2.05, 4.69) is 4.98 Å². The van der Waals surface area contributed by atoms with Gasteiger partial charge in [0.05, 0.1) is 5.69 Å². The first kappa shape index (κ1) is 12.2. The highest BCUT2D eigenvalue weighted by Gasteiger charge is 2.19. The summed E-state index contributed by atoms with van der Waals surface area (Å²) >= 11 is 7.49. The molecule has 1 N–H and O–H groups in total. The lowest BCUT2D eigenvalue weighted by Gasteiger charge is -1.99. The summed E-state index contributed by atoms with van der Waals surface area (Å²) in [5.74, 6) is -0.985. The molecule has 0 bridgehead atoms. The lowest BCUT2D eigenvalue weighted by molar-refractivity contribution is 0.0688. The third kappa shape index (κ3) is 2.22. The molecule has 0 spiro atoms. The first-order valence-corrected chi connectivity index (χ1v) is 6.83. The van der Waals surface area contributed by atoms with Crippen molar-refractivity contribution in [2.24, 2.45) is 0 Å². The molecular weight excluding hydrogens is 284 g/mol. The van der Waals surface area contributed by atoms with Crippen molar-refractivity contribution in [3.05, 3.63) is 57.1 Å². The highest BCUT2D eigenvalue weighted by Crippen LogP contribution is 2.21. The zero-order valence-electron chi connectivity index (χ0n) is 9.71. The van der Waals surface area contributed by atoms with Gasteiger partial charge in [0.1, 0.15) is 5.65 Å². The second-order valence-electron chi connectivity index (χ2n) is 4.04. The second kappa shape index (κ2) is 4.68. The van der Waals surface area contributed by atoms with Gasteiger partial charge in [0.25, 0.3) is 0 Å². The Hall–Kier alpha value is -1.85. The minimum Gasteiger partial charge on any atom is -0.477 e. The molecule has 0 radical (unpaired) electrons. The molecule has 96 valence electrons. The average molecular weight is 293 g/mol. The molecular formula is C13H9ClN2O2S. The summed E-state index contributed by atoms with van der Waals surface area (Å²) in [6, 6.07) is 7.21. The number of carboxylic acid groups (broad SMARTS) is 1. The Morgan fingerprint density at radius 3 is 3.00 bits per heavy atom. The molecule has 0 aliphatic carbocycles. The van der Waals surface area contributed by atoms with Crippen LogP contribution >= 0.6 is 22.9 Å². The number of hydrogen-bond donors (Lipinski definition) is 1. The summed E-state index contributed by atoms with van der Waals surface area (Å²) in [6.45, 7) is 0. The van der Waals surface area contributed by atoms with Gasteiger partial charge in [0.15, 0.2) is 5.69 Å². The van der Waals surface area contributed by atoms with Gasteiger partial charge in [0, 0.05) is 28.6 Å². The van der Waals surface area contributed by atoms with Crippen LogP contribution in [-0.4, -0.2) is 20.5 Å². The fourth-order valence-corrected chi connectivity index (χ4v) is 2.86. The maximum Gasteiger partial charge on any atom is 0.354 e. The third-order valence-electron chi connectivity index (χ3n) is 2.78. The second-order valence-corrected chi connectivity index (χ2v) is 5.51. The Morgan fingerprint density at radius 1 is 1.47 bits per heavy atom. The fraction of sp³-hybridized carbons (Fsp3) is 0.0769. The zero-order chi connectivity index (χ0) is 13.4. The molecule has 0 aliphatic heterocycles. The average Bonchev–Trinajstić information content (AvgIpc) is 2.95. The first-order chi connectivity index (χ1) is 9.15. The van der Waals surface area contributed by atoms with Crippen LogP contribution in [0.2, 0.25) is 5.02 Å². The molecule has 0 atom stereocenters. The molecule has 3 aromatic rings. The summed E-state index contributed by atoms with van der Waals surface area (Å²) in [6.07, 6.45) is 2.14. The summed E-state index contributed by atoms with van der Waals surface area (Å²) in [5.41, 5.74) is 1.30. The Bertz CT molecular complexity index is 749. The number of pyridine rings is 1. The Kier molecular flexibility index (Phi) is 3.00. The topological polar surface area (TPSA) is 54.6 Å². The van der Waals surface area contributed by atoms with Gasteiger partial charge in [-0.25, -0.2) is 9.78 Å². The summed E-state index contributed by atoms with van der Waals surface area (Å²) in [4.78, 5) is 16.9. The Balaban J connectivity index is 2.17. The number of imidazole rings is 1. The molecule has 0 fully saturated rings. The third-order valence-corrected chi connectivity index (χ3v) is 3.90. The molecule has 4 nitrogen and oxygen atoms in total. The van der Waals surface area contributed by atoms with Crippen LogP contribution in [0.15, 0.2) is 35.8 Å². The Labute approximate surface area is 117 Å². The van der Waals surface area contributed by atoms with Crippen molar-refractivity contribution in [1.82, 2.24) is 9.38 Å². The van der Waals surface area contributed by atoms with E-state index in [1.54, 1.807) is 34.1 Å². The number of halogens is 1. The number of nitrogens with zero attached hydrogens (tertiary/aromatic N) is 2. The molecule has 0 saturated carbocycles. The van der Waals surface area contributed by atoms with E-state index < -0.39 is 5.97 Å². The molecule has 0 unspecified atom stereocenters. The van der Waals surface area contributed by atoms with E-state index in [0.717, 1.165) is 4.88 Å². The number of fused-ring (bicyclic) bond motifs is 1. The van der Waals surface area contributed by atoms with E-state index in [1.807, 2.05) is 17.5 Å². The summed E-state index contributed by atoms with van der Waals surface area (Å²) in [7, 11) is 0. The van der Waals surface area contributed by atoms with Crippen LogP contribution in [0.3, 0.4) is 0 Å². The van der Waals surface area contributed by atoms with Crippen molar-refractivity contribution in [2.45, 2.75) is 6.42 Å². The molecule has 0 aromatic carbocycles. The van der Waals surface area contributed by atoms with Crippen LogP contribution < -0.4 is 0 Å². The largest absolute Gasteiger partial charge is 0.477 e. The van der Waals surface area contributed by atoms with E-state index >= 15 is 0 Å². The molecule has 19 heavy (non-hydrogen) atoms. The minimum absolute atomic E-state index is 0.195. The van der Waals surface area contributed by atoms with Gasteiger partial charge in [-0.05, 0) is 17.5 Å². The summed E-state index contributed by atoms with van der Waals surface area (Å²) < 4.78 is 1.55. The van der Waals surface area contributed by atoms with Crippen molar-refractivity contribution in [3.8, 4) is 0 Å². The van der Waals surface area contributed by atoms with E-state index in [9.17, 15) is 9.90 Å². The lowest BCUT2D eigenvalue weighted by Crippen LogP contribution is -2.05. The normalized spacial score (nSPS) is 11.0. The molecule has 0 saturated heterocycles. The van der Waals surface area contributed by atoms with Crippen LogP contribution in [0.1, 0.15) is 21.1 Å². The maximum absolute atomic E-state index is 11.4. The molecule has 3 heterocycles. The SMILES string of the molecule is O=C(O)c1c(Cc2cccs2)nc2cc(Cl)ccn12. The zero-order valence-corrected chi connectivity index (χ0v) is 11.3. The van der Waals surface area contributed by atoms with Gasteiger partial charge in [0.2, 0.25) is 0 Å². The van der Waals surface area contributed by atoms with E-state index in [0.29, 0.717) is 22.8 Å². The van der Waals surface area contributed by atoms with Crippen LogP contribution in [0, 0.1) is 0 Å². The highest BCUT2D eigenvalue weighted by molar-refractivity contribution is 7.09.